The first-order valence-corrected chi connectivity index (χ1v) is 6.13. The molecule has 104 valence electrons. The number of likely N-dealkylation sites (N-methyl/N-ethyl adjacent to an activating group) is 1. The van der Waals surface area contributed by atoms with E-state index in [9.17, 15) is 9.59 Å². The first kappa shape index (κ1) is 15.3. The molecule has 0 atom stereocenters. The van der Waals surface area contributed by atoms with Crippen LogP contribution >= 0.6 is 11.6 Å². The van der Waals surface area contributed by atoms with Crippen molar-refractivity contribution in [1.29, 1.82) is 0 Å². The molecule has 19 heavy (non-hydrogen) atoms. The molecular weight excluding hydrogens is 270 g/mol. The van der Waals surface area contributed by atoms with Gasteiger partial charge in [0, 0.05) is 24.2 Å². The van der Waals surface area contributed by atoms with Gasteiger partial charge in [-0.1, -0.05) is 17.7 Å². The number of hydrogen-bond donors (Lipinski definition) is 1. The van der Waals surface area contributed by atoms with Crippen molar-refractivity contribution < 1.29 is 19.4 Å². The number of carbonyl (C=O) groups is 2. The van der Waals surface area contributed by atoms with Crippen molar-refractivity contribution >= 4 is 23.5 Å². The molecule has 1 rings (SSSR count). The number of nitrogens with zero attached hydrogens (tertiary/aromatic N) is 1. The molecule has 0 aliphatic heterocycles. The molecule has 0 saturated heterocycles. The first-order chi connectivity index (χ1) is 8.91. The fraction of sp³-hybridized carbons (Fsp3) is 0.385. The molecule has 0 unspecified atom stereocenters. The second-order valence-corrected chi connectivity index (χ2v) is 4.52. The number of halogens is 1. The van der Waals surface area contributed by atoms with Gasteiger partial charge >= 0.3 is 5.97 Å². The Bertz CT molecular complexity index is 476. The van der Waals surface area contributed by atoms with Gasteiger partial charge in [-0.05, 0) is 19.1 Å². The number of benzene rings is 1. The molecule has 0 saturated carbocycles. The molecular formula is C13H16ClNO4. The minimum atomic E-state index is -0.939. The third-order valence-corrected chi connectivity index (χ3v) is 3.07. The van der Waals surface area contributed by atoms with Crippen LogP contribution in [0, 0.1) is 6.92 Å². The highest BCUT2D eigenvalue weighted by Crippen LogP contribution is 2.24. The average Bonchev–Trinajstić information content (AvgIpc) is 2.37. The number of aliphatic carboxylic acids is 1. The summed E-state index contributed by atoms with van der Waals surface area (Å²) in [5, 5.41) is 9.11. The van der Waals surface area contributed by atoms with Gasteiger partial charge in [0.15, 0.2) is 6.61 Å². The third kappa shape index (κ3) is 4.79. The molecule has 1 aromatic rings. The smallest absolute Gasteiger partial charge is 0.305 e. The minimum Gasteiger partial charge on any atom is -0.483 e. The fourth-order valence-corrected chi connectivity index (χ4v) is 1.55. The predicted octanol–water partition coefficient (Wildman–Crippen LogP) is 1.96. The first-order valence-electron chi connectivity index (χ1n) is 5.75. The van der Waals surface area contributed by atoms with Gasteiger partial charge in [0.25, 0.3) is 5.91 Å². The lowest BCUT2D eigenvalue weighted by Crippen LogP contribution is -2.33. The van der Waals surface area contributed by atoms with E-state index in [-0.39, 0.29) is 25.5 Å². The van der Waals surface area contributed by atoms with Crippen LogP contribution < -0.4 is 4.74 Å². The van der Waals surface area contributed by atoms with Crippen LogP contribution in [0.15, 0.2) is 18.2 Å². The SMILES string of the molecule is Cc1c(Cl)cccc1OCC(=O)N(C)CCC(=O)O. The largest absolute Gasteiger partial charge is 0.483 e. The Labute approximate surface area is 116 Å². The highest BCUT2D eigenvalue weighted by atomic mass is 35.5. The molecule has 6 heteroatoms. The van der Waals surface area contributed by atoms with E-state index in [4.69, 9.17) is 21.4 Å². The maximum absolute atomic E-state index is 11.7. The number of carboxylic acid groups (broad SMARTS) is 1. The van der Waals surface area contributed by atoms with Crippen molar-refractivity contribution in [3.63, 3.8) is 0 Å². The Hall–Kier alpha value is -1.75. The summed E-state index contributed by atoms with van der Waals surface area (Å²) in [5.74, 6) is -0.667. The Kier molecular flexibility index (Phi) is 5.63. The summed E-state index contributed by atoms with van der Waals surface area (Å²) in [6, 6.07) is 5.21. The number of carboxylic acids is 1. The molecule has 1 N–H and O–H groups in total. The third-order valence-electron chi connectivity index (χ3n) is 2.66. The van der Waals surface area contributed by atoms with E-state index in [0.29, 0.717) is 10.8 Å². The summed E-state index contributed by atoms with van der Waals surface area (Å²) in [7, 11) is 1.54. The van der Waals surface area contributed by atoms with Gasteiger partial charge in [-0.2, -0.15) is 0 Å². The van der Waals surface area contributed by atoms with Crippen LogP contribution in [0.25, 0.3) is 0 Å². The lowest BCUT2D eigenvalue weighted by atomic mass is 10.2. The number of carbonyl (C=O) groups excluding carboxylic acids is 1. The molecule has 0 aliphatic carbocycles. The highest BCUT2D eigenvalue weighted by Gasteiger charge is 2.12. The van der Waals surface area contributed by atoms with E-state index in [1.165, 1.54) is 4.90 Å². The standard InChI is InChI=1S/C13H16ClNO4/c1-9-10(14)4-3-5-11(9)19-8-12(16)15(2)7-6-13(17)18/h3-5H,6-8H2,1-2H3,(H,17,18). The van der Waals surface area contributed by atoms with Crippen LogP contribution in [0.1, 0.15) is 12.0 Å². The van der Waals surface area contributed by atoms with Crippen LogP contribution in [0.4, 0.5) is 0 Å². The van der Waals surface area contributed by atoms with E-state index >= 15 is 0 Å². The summed E-state index contributed by atoms with van der Waals surface area (Å²) in [6.45, 7) is 1.82. The molecule has 1 amide bonds. The topological polar surface area (TPSA) is 66.8 Å². The summed E-state index contributed by atoms with van der Waals surface area (Å²) in [6.07, 6.45) is -0.0849. The normalized spacial score (nSPS) is 10.1. The Morgan fingerprint density at radius 2 is 2.11 bits per heavy atom. The summed E-state index contributed by atoms with van der Waals surface area (Å²) < 4.78 is 5.38. The van der Waals surface area contributed by atoms with E-state index < -0.39 is 5.97 Å². The number of rotatable bonds is 6. The van der Waals surface area contributed by atoms with Crippen molar-refractivity contribution in [3.8, 4) is 5.75 Å². The van der Waals surface area contributed by atoms with Crippen molar-refractivity contribution in [3.05, 3.63) is 28.8 Å². The van der Waals surface area contributed by atoms with Crippen molar-refractivity contribution in [2.24, 2.45) is 0 Å². The molecule has 0 bridgehead atoms. The van der Waals surface area contributed by atoms with Gasteiger partial charge in [0.2, 0.25) is 0 Å². The van der Waals surface area contributed by atoms with Crippen LogP contribution in [-0.4, -0.2) is 42.1 Å². The van der Waals surface area contributed by atoms with Crippen LogP contribution in [0.3, 0.4) is 0 Å². The van der Waals surface area contributed by atoms with Crippen molar-refractivity contribution in [1.82, 2.24) is 4.90 Å². The lowest BCUT2D eigenvalue weighted by molar-refractivity contribution is -0.138. The van der Waals surface area contributed by atoms with Crippen LogP contribution in [-0.2, 0) is 9.59 Å². The zero-order valence-electron chi connectivity index (χ0n) is 10.9. The number of ether oxygens (including phenoxy) is 1. The van der Waals surface area contributed by atoms with Gasteiger partial charge in [-0.3, -0.25) is 9.59 Å². The lowest BCUT2D eigenvalue weighted by Gasteiger charge is -2.17. The van der Waals surface area contributed by atoms with E-state index in [1.54, 1.807) is 32.2 Å². The summed E-state index contributed by atoms with van der Waals surface area (Å²) in [4.78, 5) is 23.4. The highest BCUT2D eigenvalue weighted by molar-refractivity contribution is 6.31. The second-order valence-electron chi connectivity index (χ2n) is 4.11. The summed E-state index contributed by atoms with van der Waals surface area (Å²) >= 11 is 5.94. The Morgan fingerprint density at radius 1 is 1.42 bits per heavy atom. The van der Waals surface area contributed by atoms with E-state index in [0.717, 1.165) is 5.56 Å². The molecule has 0 spiro atoms. The van der Waals surface area contributed by atoms with Crippen LogP contribution in [0.5, 0.6) is 5.75 Å². The Balaban J connectivity index is 2.49. The van der Waals surface area contributed by atoms with Crippen LogP contribution in [0.2, 0.25) is 5.02 Å². The van der Waals surface area contributed by atoms with Crippen molar-refractivity contribution in [2.75, 3.05) is 20.2 Å². The average molecular weight is 286 g/mol. The fourth-order valence-electron chi connectivity index (χ4n) is 1.38. The predicted molar refractivity (Wildman–Crippen MR) is 71.6 cm³/mol. The zero-order chi connectivity index (χ0) is 14.4. The second kappa shape index (κ2) is 6.99. The molecule has 0 aliphatic rings. The molecule has 0 aromatic heterocycles. The van der Waals surface area contributed by atoms with E-state index in [2.05, 4.69) is 0 Å². The van der Waals surface area contributed by atoms with E-state index in [1.807, 2.05) is 0 Å². The molecule has 5 nitrogen and oxygen atoms in total. The maximum atomic E-state index is 11.7. The van der Waals surface area contributed by atoms with Gasteiger partial charge in [0.1, 0.15) is 5.75 Å². The Morgan fingerprint density at radius 3 is 2.74 bits per heavy atom. The quantitative estimate of drug-likeness (QED) is 0.868. The van der Waals surface area contributed by atoms with Crippen molar-refractivity contribution in [2.45, 2.75) is 13.3 Å². The molecule has 0 heterocycles. The van der Waals surface area contributed by atoms with Gasteiger partial charge in [-0.15, -0.1) is 0 Å². The number of hydrogen-bond acceptors (Lipinski definition) is 3. The molecule has 1 aromatic carbocycles. The van der Waals surface area contributed by atoms with Gasteiger partial charge in [0.05, 0.1) is 6.42 Å². The zero-order valence-corrected chi connectivity index (χ0v) is 11.6. The minimum absolute atomic E-state index is 0.0849. The maximum Gasteiger partial charge on any atom is 0.305 e. The van der Waals surface area contributed by atoms with Gasteiger partial charge in [-0.25, -0.2) is 0 Å². The summed E-state index contributed by atoms with van der Waals surface area (Å²) in [5.41, 5.74) is 0.769. The molecule has 0 fully saturated rings. The molecule has 0 radical (unpaired) electrons. The van der Waals surface area contributed by atoms with Gasteiger partial charge < -0.3 is 14.7 Å². The number of amides is 1. The monoisotopic (exact) mass is 285 g/mol.